The standard InChI is InChI=1S/C22H25ClN2O3/c1-16(28-20-12-8-18(23)9-13-20)21(26)24-19-10-6-17(7-11-19)22(27)25-14-4-2-3-5-15-25/h6-13,16H,2-5,14-15H2,1H3,(H,24,26). The topological polar surface area (TPSA) is 58.6 Å². The van der Waals surface area contributed by atoms with Crippen molar-refractivity contribution in [3.05, 3.63) is 59.1 Å². The Kier molecular flexibility index (Phi) is 6.93. The van der Waals surface area contributed by atoms with Crippen molar-refractivity contribution in [3.8, 4) is 5.75 Å². The van der Waals surface area contributed by atoms with Crippen LogP contribution in [0.4, 0.5) is 5.69 Å². The molecule has 1 N–H and O–H groups in total. The molecule has 2 aromatic rings. The molecule has 1 fully saturated rings. The highest BCUT2D eigenvalue weighted by molar-refractivity contribution is 6.30. The summed E-state index contributed by atoms with van der Waals surface area (Å²) in [5.74, 6) is 0.367. The fourth-order valence-electron chi connectivity index (χ4n) is 3.17. The summed E-state index contributed by atoms with van der Waals surface area (Å²) in [4.78, 5) is 26.9. The van der Waals surface area contributed by atoms with Gasteiger partial charge in [-0.25, -0.2) is 0 Å². The van der Waals surface area contributed by atoms with Crippen molar-refractivity contribution in [2.24, 2.45) is 0 Å². The number of carbonyl (C=O) groups is 2. The van der Waals surface area contributed by atoms with Crippen molar-refractivity contribution in [1.82, 2.24) is 4.90 Å². The molecule has 148 valence electrons. The van der Waals surface area contributed by atoms with Gasteiger partial charge in [-0.1, -0.05) is 24.4 Å². The molecule has 0 aliphatic carbocycles. The zero-order valence-corrected chi connectivity index (χ0v) is 16.7. The van der Waals surface area contributed by atoms with E-state index in [1.807, 2.05) is 4.90 Å². The van der Waals surface area contributed by atoms with Gasteiger partial charge in [-0.05, 0) is 68.3 Å². The maximum atomic E-state index is 12.6. The monoisotopic (exact) mass is 400 g/mol. The van der Waals surface area contributed by atoms with E-state index in [9.17, 15) is 9.59 Å². The summed E-state index contributed by atoms with van der Waals surface area (Å²) in [6.45, 7) is 3.31. The minimum absolute atomic E-state index is 0.0548. The SMILES string of the molecule is CC(Oc1ccc(Cl)cc1)C(=O)Nc1ccc(C(=O)N2CCCCCC2)cc1. The van der Waals surface area contributed by atoms with Gasteiger partial charge in [0.1, 0.15) is 5.75 Å². The van der Waals surface area contributed by atoms with Gasteiger partial charge < -0.3 is 15.0 Å². The minimum atomic E-state index is -0.667. The smallest absolute Gasteiger partial charge is 0.265 e. The number of benzene rings is 2. The Morgan fingerprint density at radius 1 is 0.964 bits per heavy atom. The average molecular weight is 401 g/mol. The molecule has 1 unspecified atom stereocenters. The van der Waals surface area contributed by atoms with Crippen LogP contribution in [0.15, 0.2) is 48.5 Å². The van der Waals surface area contributed by atoms with Gasteiger partial charge in [-0.2, -0.15) is 0 Å². The predicted octanol–water partition coefficient (Wildman–Crippen LogP) is 4.76. The highest BCUT2D eigenvalue weighted by Gasteiger charge is 2.18. The summed E-state index contributed by atoms with van der Waals surface area (Å²) < 4.78 is 5.62. The molecule has 0 radical (unpaired) electrons. The van der Waals surface area contributed by atoms with E-state index in [-0.39, 0.29) is 11.8 Å². The number of nitrogens with one attached hydrogen (secondary N) is 1. The van der Waals surface area contributed by atoms with Crippen LogP contribution in [0.1, 0.15) is 43.0 Å². The highest BCUT2D eigenvalue weighted by atomic mass is 35.5. The first-order chi connectivity index (χ1) is 13.5. The number of ether oxygens (including phenoxy) is 1. The van der Waals surface area contributed by atoms with Crippen molar-refractivity contribution in [1.29, 1.82) is 0 Å². The van der Waals surface area contributed by atoms with Crippen molar-refractivity contribution in [3.63, 3.8) is 0 Å². The number of rotatable bonds is 5. The first-order valence-corrected chi connectivity index (χ1v) is 10.0. The quantitative estimate of drug-likeness (QED) is 0.786. The van der Waals surface area contributed by atoms with Crippen LogP contribution in [0.25, 0.3) is 0 Å². The van der Waals surface area contributed by atoms with Crippen LogP contribution in [0.3, 0.4) is 0 Å². The maximum Gasteiger partial charge on any atom is 0.265 e. The molecule has 0 saturated carbocycles. The Bertz CT molecular complexity index is 798. The van der Waals surface area contributed by atoms with Gasteiger partial charge in [-0.15, -0.1) is 0 Å². The van der Waals surface area contributed by atoms with Gasteiger partial charge >= 0.3 is 0 Å². The number of nitrogens with zero attached hydrogens (tertiary/aromatic N) is 1. The lowest BCUT2D eigenvalue weighted by atomic mass is 10.1. The molecule has 3 rings (SSSR count). The van der Waals surface area contributed by atoms with E-state index in [0.29, 0.717) is 22.0 Å². The fraction of sp³-hybridized carbons (Fsp3) is 0.364. The molecule has 1 aliphatic rings. The van der Waals surface area contributed by atoms with Gasteiger partial charge in [0.25, 0.3) is 11.8 Å². The third kappa shape index (κ3) is 5.49. The summed E-state index contributed by atoms with van der Waals surface area (Å²) in [5.41, 5.74) is 1.27. The van der Waals surface area contributed by atoms with E-state index >= 15 is 0 Å². The van der Waals surface area contributed by atoms with Gasteiger partial charge in [0.15, 0.2) is 6.10 Å². The predicted molar refractivity (Wildman–Crippen MR) is 111 cm³/mol. The first kappa shape index (κ1) is 20.2. The van der Waals surface area contributed by atoms with Gasteiger partial charge in [-0.3, -0.25) is 9.59 Å². The summed E-state index contributed by atoms with van der Waals surface area (Å²) in [5, 5.41) is 3.42. The minimum Gasteiger partial charge on any atom is -0.481 e. The highest BCUT2D eigenvalue weighted by Crippen LogP contribution is 2.18. The zero-order valence-electron chi connectivity index (χ0n) is 16.0. The Morgan fingerprint density at radius 2 is 1.57 bits per heavy atom. The summed E-state index contributed by atoms with van der Waals surface area (Å²) in [7, 11) is 0. The Balaban J connectivity index is 1.56. The van der Waals surface area contributed by atoms with E-state index in [0.717, 1.165) is 25.9 Å². The molecule has 2 amide bonds. The second kappa shape index (κ2) is 9.60. The van der Waals surface area contributed by atoms with Crippen LogP contribution >= 0.6 is 11.6 Å². The van der Waals surface area contributed by atoms with Crippen molar-refractivity contribution < 1.29 is 14.3 Å². The number of likely N-dealkylation sites (tertiary alicyclic amines) is 1. The Labute approximate surface area is 170 Å². The number of hydrogen-bond acceptors (Lipinski definition) is 3. The van der Waals surface area contributed by atoms with E-state index in [4.69, 9.17) is 16.3 Å². The molecule has 0 aromatic heterocycles. The largest absolute Gasteiger partial charge is 0.481 e. The van der Waals surface area contributed by atoms with Crippen LogP contribution in [0.5, 0.6) is 5.75 Å². The van der Waals surface area contributed by atoms with E-state index < -0.39 is 6.10 Å². The van der Waals surface area contributed by atoms with Crippen molar-refractivity contribution in [2.75, 3.05) is 18.4 Å². The van der Waals surface area contributed by atoms with Gasteiger partial charge in [0, 0.05) is 29.4 Å². The molecule has 1 aliphatic heterocycles. The molecule has 28 heavy (non-hydrogen) atoms. The second-order valence-corrected chi connectivity index (χ2v) is 7.42. The molecular formula is C22H25ClN2O3. The fourth-order valence-corrected chi connectivity index (χ4v) is 3.29. The zero-order chi connectivity index (χ0) is 19.9. The molecule has 1 heterocycles. The number of halogens is 1. The van der Waals surface area contributed by atoms with Crippen molar-refractivity contribution >= 4 is 29.1 Å². The van der Waals surface area contributed by atoms with Crippen LogP contribution in [-0.4, -0.2) is 35.9 Å². The Morgan fingerprint density at radius 3 is 2.18 bits per heavy atom. The van der Waals surface area contributed by atoms with Crippen molar-refractivity contribution in [2.45, 2.75) is 38.7 Å². The normalized spacial score (nSPS) is 15.4. The average Bonchev–Trinajstić information content (AvgIpc) is 2.99. The van der Waals surface area contributed by atoms with E-state index in [1.165, 1.54) is 12.8 Å². The summed E-state index contributed by atoms with van der Waals surface area (Å²) in [6, 6.07) is 13.9. The van der Waals surface area contributed by atoms with Gasteiger partial charge in [0.05, 0.1) is 0 Å². The van der Waals surface area contributed by atoms with Crippen LogP contribution < -0.4 is 10.1 Å². The lowest BCUT2D eigenvalue weighted by Crippen LogP contribution is -2.32. The van der Waals surface area contributed by atoms with Gasteiger partial charge in [0.2, 0.25) is 0 Å². The molecule has 2 aromatic carbocycles. The Hall–Kier alpha value is -2.53. The van der Waals surface area contributed by atoms with Crippen LogP contribution in [-0.2, 0) is 4.79 Å². The first-order valence-electron chi connectivity index (χ1n) is 9.65. The molecule has 0 bridgehead atoms. The van der Waals surface area contributed by atoms with E-state index in [2.05, 4.69) is 5.32 Å². The molecule has 0 spiro atoms. The lowest BCUT2D eigenvalue weighted by Gasteiger charge is -2.20. The maximum absolute atomic E-state index is 12.6. The molecule has 5 nitrogen and oxygen atoms in total. The number of carbonyl (C=O) groups excluding carboxylic acids is 2. The number of hydrogen-bond donors (Lipinski definition) is 1. The third-order valence-corrected chi connectivity index (χ3v) is 5.04. The van der Waals surface area contributed by atoms with E-state index in [1.54, 1.807) is 55.5 Å². The molecule has 1 atom stereocenters. The van der Waals surface area contributed by atoms with Crippen LogP contribution in [0, 0.1) is 0 Å². The lowest BCUT2D eigenvalue weighted by molar-refractivity contribution is -0.122. The second-order valence-electron chi connectivity index (χ2n) is 6.99. The number of anilines is 1. The molecular weight excluding hydrogens is 376 g/mol. The molecule has 1 saturated heterocycles. The summed E-state index contributed by atoms with van der Waals surface area (Å²) in [6.07, 6.45) is 3.83. The molecule has 6 heteroatoms. The summed E-state index contributed by atoms with van der Waals surface area (Å²) >= 11 is 5.85. The van der Waals surface area contributed by atoms with Crippen LogP contribution in [0.2, 0.25) is 5.02 Å². The third-order valence-electron chi connectivity index (χ3n) is 4.79. The number of amides is 2.